The molecule has 0 spiro atoms. The normalized spacial score (nSPS) is 17.2. The quantitative estimate of drug-likeness (QED) is 0.789. The van der Waals surface area contributed by atoms with E-state index in [1.54, 1.807) is 20.3 Å². The van der Waals surface area contributed by atoms with Gasteiger partial charge in [0.2, 0.25) is 5.76 Å². The maximum atomic E-state index is 12.8. The number of piperidine rings is 1. The Morgan fingerprint density at radius 3 is 2.73 bits per heavy atom. The van der Waals surface area contributed by atoms with Gasteiger partial charge in [-0.05, 0) is 56.7 Å². The minimum absolute atomic E-state index is 0.0531. The van der Waals surface area contributed by atoms with E-state index in [0.29, 0.717) is 5.76 Å². The van der Waals surface area contributed by atoms with Crippen LogP contribution in [0.1, 0.15) is 47.5 Å². The Bertz CT molecular complexity index is 756. The van der Waals surface area contributed by atoms with E-state index in [0.717, 1.165) is 55.8 Å². The van der Waals surface area contributed by atoms with Crippen LogP contribution in [0, 0.1) is 6.92 Å². The summed E-state index contributed by atoms with van der Waals surface area (Å²) in [4.78, 5) is 14.7. The lowest BCUT2D eigenvalue weighted by Crippen LogP contribution is -2.43. The number of likely N-dealkylation sites (tertiary alicyclic amines) is 1. The Labute approximate surface area is 154 Å². The molecule has 0 unspecified atom stereocenters. The Balaban J connectivity index is 1.68. The van der Waals surface area contributed by atoms with Gasteiger partial charge in [0, 0.05) is 18.7 Å². The van der Waals surface area contributed by atoms with Crippen molar-refractivity contribution in [2.45, 2.75) is 45.1 Å². The summed E-state index contributed by atoms with van der Waals surface area (Å²) in [6, 6.07) is 7.91. The average molecular weight is 358 g/mol. The van der Waals surface area contributed by atoms with Gasteiger partial charge in [0.15, 0.2) is 11.5 Å². The van der Waals surface area contributed by atoms with Crippen molar-refractivity contribution in [3.8, 4) is 11.5 Å². The van der Waals surface area contributed by atoms with Crippen molar-refractivity contribution in [2.75, 3.05) is 20.8 Å². The van der Waals surface area contributed by atoms with Gasteiger partial charge in [-0.25, -0.2) is 0 Å². The Hall–Kier alpha value is -2.50. The monoisotopic (exact) mass is 358 g/mol. The zero-order chi connectivity index (χ0) is 18.5. The molecule has 140 valence electrons. The molecule has 0 aliphatic carbocycles. The Morgan fingerprint density at radius 2 is 2.04 bits per heavy atom. The molecule has 1 saturated heterocycles. The van der Waals surface area contributed by atoms with Crippen LogP contribution in [0.25, 0.3) is 0 Å². The van der Waals surface area contributed by atoms with Gasteiger partial charge in [0.1, 0.15) is 0 Å². The molecule has 1 amide bonds. The molecule has 1 aromatic carbocycles. The molecule has 1 fully saturated rings. The van der Waals surface area contributed by atoms with E-state index >= 15 is 0 Å². The van der Waals surface area contributed by atoms with Gasteiger partial charge in [0.05, 0.1) is 19.9 Å². The van der Waals surface area contributed by atoms with Gasteiger partial charge in [-0.3, -0.25) is 4.79 Å². The van der Waals surface area contributed by atoms with E-state index in [1.807, 2.05) is 24.0 Å². The summed E-state index contributed by atoms with van der Waals surface area (Å²) in [6.45, 7) is 2.60. The first-order chi connectivity index (χ1) is 12.6. The molecule has 6 nitrogen and oxygen atoms in total. The molecule has 6 heteroatoms. The van der Waals surface area contributed by atoms with Crippen LogP contribution in [-0.4, -0.2) is 42.8 Å². The molecule has 0 bridgehead atoms. The molecule has 3 rings (SSSR count). The number of carbonyl (C=O) groups excluding carboxylic acids is 1. The molecule has 1 atom stereocenters. The highest BCUT2D eigenvalue weighted by molar-refractivity contribution is 5.91. The zero-order valence-electron chi connectivity index (χ0n) is 15.7. The highest BCUT2D eigenvalue weighted by Gasteiger charge is 2.29. The summed E-state index contributed by atoms with van der Waals surface area (Å²) >= 11 is 0. The van der Waals surface area contributed by atoms with E-state index in [4.69, 9.17) is 14.0 Å². The standard InChI is InChI=1S/C20H26N2O4/c1-14-12-19(26-21-14)20(23)22-11-5-4-6-16(22)9-7-15-8-10-17(24-2)18(13-15)25-3/h8,10,12-13,16H,4-7,9,11H2,1-3H3/t16-/m1/s1. The van der Waals surface area contributed by atoms with Crippen LogP contribution in [0.3, 0.4) is 0 Å². The van der Waals surface area contributed by atoms with Crippen LogP contribution in [0.4, 0.5) is 0 Å². The fourth-order valence-electron chi connectivity index (χ4n) is 3.54. The number of amides is 1. The SMILES string of the molecule is COc1ccc(CC[C@H]2CCCCN2C(=O)c2cc(C)no2)cc1OC. The second kappa shape index (κ2) is 8.25. The van der Waals surface area contributed by atoms with E-state index in [2.05, 4.69) is 11.2 Å². The van der Waals surface area contributed by atoms with E-state index < -0.39 is 0 Å². The number of methoxy groups -OCH3 is 2. The van der Waals surface area contributed by atoms with Crippen molar-refractivity contribution in [2.24, 2.45) is 0 Å². The van der Waals surface area contributed by atoms with E-state index in [9.17, 15) is 4.79 Å². The molecular weight excluding hydrogens is 332 g/mol. The molecule has 0 N–H and O–H groups in total. The summed E-state index contributed by atoms with van der Waals surface area (Å²) in [6.07, 6.45) is 4.99. The first kappa shape index (κ1) is 18.3. The van der Waals surface area contributed by atoms with E-state index in [-0.39, 0.29) is 11.9 Å². The molecule has 1 aliphatic rings. The van der Waals surface area contributed by atoms with Crippen molar-refractivity contribution in [1.82, 2.24) is 10.1 Å². The first-order valence-electron chi connectivity index (χ1n) is 9.07. The second-order valence-corrected chi connectivity index (χ2v) is 6.71. The number of benzene rings is 1. The lowest BCUT2D eigenvalue weighted by atomic mass is 9.95. The number of hydrogen-bond acceptors (Lipinski definition) is 5. The van der Waals surface area contributed by atoms with Gasteiger partial charge in [-0.1, -0.05) is 11.2 Å². The van der Waals surface area contributed by atoms with Gasteiger partial charge >= 0.3 is 0 Å². The Morgan fingerprint density at radius 1 is 1.23 bits per heavy atom. The number of carbonyl (C=O) groups is 1. The number of rotatable bonds is 6. The smallest absolute Gasteiger partial charge is 0.292 e. The number of aromatic nitrogens is 1. The summed E-state index contributed by atoms with van der Waals surface area (Å²) < 4.78 is 15.8. The minimum atomic E-state index is -0.0531. The van der Waals surface area contributed by atoms with Crippen LogP contribution < -0.4 is 9.47 Å². The minimum Gasteiger partial charge on any atom is -0.493 e. The first-order valence-corrected chi connectivity index (χ1v) is 9.07. The van der Waals surface area contributed by atoms with Crippen LogP contribution >= 0.6 is 0 Å². The highest BCUT2D eigenvalue weighted by atomic mass is 16.5. The third-order valence-corrected chi connectivity index (χ3v) is 4.94. The van der Waals surface area contributed by atoms with Gasteiger partial charge in [-0.2, -0.15) is 0 Å². The van der Waals surface area contributed by atoms with Gasteiger partial charge in [-0.15, -0.1) is 0 Å². The molecule has 26 heavy (non-hydrogen) atoms. The number of nitrogens with zero attached hydrogens (tertiary/aromatic N) is 2. The zero-order valence-corrected chi connectivity index (χ0v) is 15.7. The van der Waals surface area contributed by atoms with Crippen molar-refractivity contribution in [1.29, 1.82) is 0 Å². The molecule has 1 aromatic heterocycles. The van der Waals surface area contributed by atoms with Crippen molar-refractivity contribution < 1.29 is 18.8 Å². The summed E-state index contributed by atoms with van der Waals surface area (Å²) in [5.74, 6) is 1.74. The predicted octanol–water partition coefficient (Wildman–Crippen LogP) is 3.63. The largest absolute Gasteiger partial charge is 0.493 e. The molecule has 2 heterocycles. The third-order valence-electron chi connectivity index (χ3n) is 4.94. The summed E-state index contributed by atoms with van der Waals surface area (Å²) in [5, 5.41) is 3.84. The lowest BCUT2D eigenvalue weighted by molar-refractivity contribution is 0.0560. The van der Waals surface area contributed by atoms with Crippen LogP contribution in [0.15, 0.2) is 28.8 Å². The van der Waals surface area contributed by atoms with Crippen molar-refractivity contribution >= 4 is 5.91 Å². The second-order valence-electron chi connectivity index (χ2n) is 6.71. The van der Waals surface area contributed by atoms with Gasteiger partial charge < -0.3 is 18.9 Å². The molecule has 2 aromatic rings. The maximum Gasteiger partial charge on any atom is 0.292 e. The third kappa shape index (κ3) is 4.00. The van der Waals surface area contributed by atoms with Crippen molar-refractivity contribution in [3.05, 3.63) is 41.3 Å². The number of hydrogen-bond donors (Lipinski definition) is 0. The Kier molecular flexibility index (Phi) is 5.81. The van der Waals surface area contributed by atoms with Crippen LogP contribution in [0.2, 0.25) is 0 Å². The fourth-order valence-corrected chi connectivity index (χ4v) is 3.54. The molecule has 0 saturated carbocycles. The van der Waals surface area contributed by atoms with E-state index in [1.165, 1.54) is 5.56 Å². The van der Waals surface area contributed by atoms with Crippen molar-refractivity contribution in [3.63, 3.8) is 0 Å². The molecular formula is C20H26N2O4. The number of ether oxygens (including phenoxy) is 2. The molecule has 0 radical (unpaired) electrons. The summed E-state index contributed by atoms with van der Waals surface area (Å²) in [5.41, 5.74) is 1.91. The molecule has 1 aliphatic heterocycles. The lowest BCUT2D eigenvalue weighted by Gasteiger charge is -2.35. The highest BCUT2D eigenvalue weighted by Crippen LogP contribution is 2.29. The summed E-state index contributed by atoms with van der Waals surface area (Å²) in [7, 11) is 3.27. The topological polar surface area (TPSA) is 64.8 Å². The fraction of sp³-hybridized carbons (Fsp3) is 0.500. The van der Waals surface area contributed by atoms with Gasteiger partial charge in [0.25, 0.3) is 5.91 Å². The van der Waals surface area contributed by atoms with Crippen LogP contribution in [0.5, 0.6) is 11.5 Å². The van der Waals surface area contributed by atoms with Crippen LogP contribution in [-0.2, 0) is 6.42 Å². The maximum absolute atomic E-state index is 12.8. The average Bonchev–Trinajstić information content (AvgIpc) is 3.12. The number of aryl methyl sites for hydroxylation is 2. The predicted molar refractivity (Wildman–Crippen MR) is 97.8 cm³/mol.